The summed E-state index contributed by atoms with van der Waals surface area (Å²) >= 11 is 0. The van der Waals surface area contributed by atoms with E-state index in [0.717, 1.165) is 5.56 Å². The van der Waals surface area contributed by atoms with E-state index in [4.69, 9.17) is 0 Å². The van der Waals surface area contributed by atoms with Crippen LogP contribution in [0.2, 0.25) is 0 Å². The van der Waals surface area contributed by atoms with Gasteiger partial charge in [-0.25, -0.2) is 9.37 Å². The van der Waals surface area contributed by atoms with Crippen molar-refractivity contribution in [3.05, 3.63) is 94.8 Å². The van der Waals surface area contributed by atoms with Gasteiger partial charge in [0.2, 0.25) is 0 Å². The minimum Gasteiger partial charge on any atom is -0.392 e. The van der Waals surface area contributed by atoms with Crippen LogP contribution in [0.4, 0.5) is 4.39 Å². The van der Waals surface area contributed by atoms with E-state index in [1.165, 1.54) is 24.3 Å². The van der Waals surface area contributed by atoms with Crippen molar-refractivity contribution in [1.29, 1.82) is 0 Å². The maximum absolute atomic E-state index is 13.7. The second-order valence-electron chi connectivity index (χ2n) is 8.14. The number of halogens is 1. The van der Waals surface area contributed by atoms with Gasteiger partial charge >= 0.3 is 0 Å². The first kappa shape index (κ1) is 22.6. The van der Waals surface area contributed by atoms with E-state index >= 15 is 0 Å². The van der Waals surface area contributed by atoms with Gasteiger partial charge < -0.3 is 20.1 Å². The minimum absolute atomic E-state index is 0.136. The van der Waals surface area contributed by atoms with E-state index in [1.807, 2.05) is 13.0 Å². The van der Waals surface area contributed by atoms with Gasteiger partial charge in [0.05, 0.1) is 22.8 Å². The molecule has 0 bridgehead atoms. The van der Waals surface area contributed by atoms with Gasteiger partial charge in [-0.1, -0.05) is 18.2 Å². The van der Waals surface area contributed by atoms with Crippen LogP contribution in [0.3, 0.4) is 0 Å². The summed E-state index contributed by atoms with van der Waals surface area (Å²) in [5, 5.41) is 24.2. The summed E-state index contributed by atoms with van der Waals surface area (Å²) in [4.78, 5) is 21.6. The number of hydrogen-bond donors (Lipinski definition) is 3. The number of aromatic nitrogens is 3. The quantitative estimate of drug-likeness (QED) is 0.421. The van der Waals surface area contributed by atoms with Crippen LogP contribution in [-0.2, 0) is 12.6 Å². The molecule has 4 aromatic rings. The molecular formula is C25H25FN4O3. The third-order valence-corrected chi connectivity index (χ3v) is 5.64. The summed E-state index contributed by atoms with van der Waals surface area (Å²) in [5.74, 6) is -0.459. The number of aliphatic hydroxyl groups excluding tert-OH is 1. The molecule has 0 aliphatic heterocycles. The highest BCUT2D eigenvalue weighted by atomic mass is 19.1. The van der Waals surface area contributed by atoms with Gasteiger partial charge in [-0.15, -0.1) is 0 Å². The molecule has 1 unspecified atom stereocenters. The summed E-state index contributed by atoms with van der Waals surface area (Å²) in [5.41, 5.74) is 1.38. The zero-order valence-electron chi connectivity index (χ0n) is 18.6. The number of aryl methyl sites for hydroxylation is 2. The molecule has 2 aromatic heterocycles. The van der Waals surface area contributed by atoms with E-state index in [2.05, 4.69) is 15.3 Å². The van der Waals surface area contributed by atoms with Crippen molar-refractivity contribution in [2.45, 2.75) is 25.6 Å². The third kappa shape index (κ3) is 4.10. The molecule has 2 heterocycles. The van der Waals surface area contributed by atoms with Crippen LogP contribution < -0.4 is 5.32 Å². The number of nitrogens with one attached hydrogen (secondary N) is 1. The first-order valence-electron chi connectivity index (χ1n) is 10.6. The molecule has 0 aliphatic carbocycles. The molecule has 4 rings (SSSR count). The predicted octanol–water partition coefficient (Wildman–Crippen LogP) is 2.81. The molecule has 0 fully saturated rings. The van der Waals surface area contributed by atoms with Crippen molar-refractivity contribution in [3.8, 4) is 0 Å². The Morgan fingerprint density at radius 2 is 1.94 bits per heavy atom. The smallest absolute Gasteiger partial charge is 0.251 e. The lowest BCUT2D eigenvalue weighted by molar-refractivity contribution is 0.0924. The monoisotopic (exact) mass is 448 g/mol. The molecule has 7 nitrogen and oxygen atoms in total. The standard InChI is InChI=1S/C25H25FN4O3/c1-15-5-4-12-27-22(15)25(33,18-7-9-19(26)10-8-18)24-29-20-11-6-17(13-21(20)30(24)3)23(32)28-14-16(2)31/h4-13,16,31,33H,14H2,1-3H3,(H,28,32)/t16-,25?/m1/s1. The van der Waals surface area contributed by atoms with Gasteiger partial charge in [-0.05, 0) is 61.4 Å². The highest BCUT2D eigenvalue weighted by Crippen LogP contribution is 2.37. The highest BCUT2D eigenvalue weighted by molar-refractivity contribution is 5.97. The van der Waals surface area contributed by atoms with Gasteiger partial charge in [-0.3, -0.25) is 9.78 Å². The van der Waals surface area contributed by atoms with Crippen molar-refractivity contribution in [2.24, 2.45) is 7.05 Å². The average Bonchev–Trinajstić information content (AvgIpc) is 3.14. The SMILES string of the molecule is Cc1cccnc1C(O)(c1ccc(F)cc1)c1nc2ccc(C(=O)NC[C@@H](C)O)cc2n1C. The number of benzene rings is 2. The van der Waals surface area contributed by atoms with Crippen LogP contribution in [0.15, 0.2) is 60.8 Å². The minimum atomic E-state index is -1.76. The molecule has 2 aromatic carbocycles. The number of carbonyl (C=O) groups excluding carboxylic acids is 1. The van der Waals surface area contributed by atoms with E-state index in [-0.39, 0.29) is 18.3 Å². The lowest BCUT2D eigenvalue weighted by atomic mass is 9.86. The Morgan fingerprint density at radius 1 is 1.21 bits per heavy atom. The van der Waals surface area contributed by atoms with Gasteiger partial charge in [0.1, 0.15) is 5.82 Å². The molecule has 0 radical (unpaired) electrons. The summed E-state index contributed by atoms with van der Waals surface area (Å²) < 4.78 is 15.4. The molecule has 1 amide bonds. The van der Waals surface area contributed by atoms with E-state index in [1.54, 1.807) is 49.0 Å². The predicted molar refractivity (Wildman–Crippen MR) is 122 cm³/mol. The van der Waals surface area contributed by atoms with Gasteiger partial charge in [0, 0.05) is 25.4 Å². The maximum Gasteiger partial charge on any atom is 0.251 e. The second kappa shape index (κ2) is 8.73. The lowest BCUT2D eigenvalue weighted by Crippen LogP contribution is -2.34. The summed E-state index contributed by atoms with van der Waals surface area (Å²) in [6, 6.07) is 14.2. The number of nitrogens with zero attached hydrogens (tertiary/aromatic N) is 3. The number of aliphatic hydroxyl groups is 2. The highest BCUT2D eigenvalue weighted by Gasteiger charge is 2.41. The van der Waals surface area contributed by atoms with E-state index in [9.17, 15) is 19.4 Å². The number of imidazole rings is 1. The molecule has 8 heteroatoms. The fraction of sp³-hybridized carbons (Fsp3) is 0.240. The van der Waals surface area contributed by atoms with Crippen LogP contribution in [0.1, 0.15) is 39.9 Å². The number of hydrogen-bond acceptors (Lipinski definition) is 5. The van der Waals surface area contributed by atoms with Crippen LogP contribution in [-0.4, -0.2) is 43.3 Å². The van der Waals surface area contributed by atoms with Crippen LogP contribution in [0.5, 0.6) is 0 Å². The van der Waals surface area contributed by atoms with Crippen LogP contribution in [0, 0.1) is 12.7 Å². The zero-order chi connectivity index (χ0) is 23.8. The first-order valence-corrected chi connectivity index (χ1v) is 10.6. The maximum atomic E-state index is 13.7. The third-order valence-electron chi connectivity index (χ3n) is 5.64. The van der Waals surface area contributed by atoms with Crippen molar-refractivity contribution in [3.63, 3.8) is 0 Å². The first-order chi connectivity index (χ1) is 15.7. The van der Waals surface area contributed by atoms with Crippen molar-refractivity contribution in [1.82, 2.24) is 19.9 Å². The molecule has 3 N–H and O–H groups in total. The van der Waals surface area contributed by atoms with E-state index < -0.39 is 17.5 Å². The molecule has 0 saturated heterocycles. The second-order valence-corrected chi connectivity index (χ2v) is 8.14. The van der Waals surface area contributed by atoms with Crippen molar-refractivity contribution >= 4 is 16.9 Å². The molecule has 2 atom stereocenters. The number of pyridine rings is 1. The summed E-state index contributed by atoms with van der Waals surface area (Å²) in [7, 11) is 1.74. The Kier molecular flexibility index (Phi) is 5.97. The Balaban J connectivity index is 1.89. The molecule has 33 heavy (non-hydrogen) atoms. The summed E-state index contributed by atoms with van der Waals surface area (Å²) in [6.07, 6.45) is 0.928. The number of amides is 1. The van der Waals surface area contributed by atoms with E-state index in [0.29, 0.717) is 27.9 Å². The number of rotatable bonds is 6. The topological polar surface area (TPSA) is 100 Å². The van der Waals surface area contributed by atoms with Crippen molar-refractivity contribution < 1.29 is 19.4 Å². The molecule has 0 aliphatic rings. The zero-order valence-corrected chi connectivity index (χ0v) is 18.6. The Bertz CT molecular complexity index is 1320. The van der Waals surface area contributed by atoms with Gasteiger partial charge in [0.15, 0.2) is 11.4 Å². The molecule has 170 valence electrons. The largest absolute Gasteiger partial charge is 0.392 e. The number of fused-ring (bicyclic) bond motifs is 1. The van der Waals surface area contributed by atoms with Crippen LogP contribution >= 0.6 is 0 Å². The normalized spacial score (nSPS) is 14.1. The van der Waals surface area contributed by atoms with Gasteiger partial charge in [-0.2, -0.15) is 0 Å². The fourth-order valence-electron chi connectivity index (χ4n) is 3.92. The van der Waals surface area contributed by atoms with Gasteiger partial charge in [0.25, 0.3) is 5.91 Å². The average molecular weight is 448 g/mol. The van der Waals surface area contributed by atoms with Crippen LogP contribution in [0.25, 0.3) is 11.0 Å². The Morgan fingerprint density at radius 3 is 2.61 bits per heavy atom. The Hall–Kier alpha value is -3.62. The van der Waals surface area contributed by atoms with Crippen molar-refractivity contribution in [2.75, 3.05) is 6.54 Å². The molecule has 0 saturated carbocycles. The fourth-order valence-corrected chi connectivity index (χ4v) is 3.92. The summed E-state index contributed by atoms with van der Waals surface area (Å²) in [6.45, 7) is 3.56. The molecular weight excluding hydrogens is 423 g/mol. The lowest BCUT2D eigenvalue weighted by Gasteiger charge is -2.29. The number of carbonyl (C=O) groups is 1. The molecule has 0 spiro atoms. The Labute approximate surface area is 190 Å².